The fourth-order valence-electron chi connectivity index (χ4n) is 3.90. The Hall–Kier alpha value is -4.04. The van der Waals surface area contributed by atoms with Gasteiger partial charge in [-0.05, 0) is 36.8 Å². The Labute approximate surface area is 198 Å². The van der Waals surface area contributed by atoms with E-state index in [-0.39, 0.29) is 11.6 Å². The van der Waals surface area contributed by atoms with Crippen LogP contribution in [0, 0.1) is 11.6 Å². The van der Waals surface area contributed by atoms with E-state index in [0.29, 0.717) is 22.1 Å². The van der Waals surface area contributed by atoms with Crippen LogP contribution < -0.4 is 10.2 Å². The molecule has 3 aromatic carbocycles. The fourth-order valence-corrected chi connectivity index (χ4v) is 4.02. The molecule has 0 saturated heterocycles. The Kier molecular flexibility index (Phi) is 5.59. The van der Waals surface area contributed by atoms with Crippen molar-refractivity contribution in [3.8, 4) is 11.4 Å². The third-order valence-corrected chi connectivity index (χ3v) is 5.79. The lowest BCUT2D eigenvalue weighted by molar-refractivity contribution is 0.244. The molecule has 170 valence electrons. The molecule has 1 aliphatic heterocycles. The van der Waals surface area contributed by atoms with Crippen molar-refractivity contribution >= 4 is 28.9 Å². The van der Waals surface area contributed by atoms with Gasteiger partial charge < -0.3 is 9.84 Å². The third kappa shape index (κ3) is 3.92. The fraction of sp³-hybridized carbons (Fsp3) is 0.0800. The van der Waals surface area contributed by atoms with Crippen LogP contribution in [0.25, 0.3) is 17.0 Å². The number of nitrogens with zero attached hydrogens (tertiary/aromatic N) is 3. The van der Waals surface area contributed by atoms with E-state index in [4.69, 9.17) is 16.1 Å². The molecule has 0 aliphatic carbocycles. The van der Waals surface area contributed by atoms with E-state index in [1.54, 1.807) is 31.2 Å². The number of amides is 2. The van der Waals surface area contributed by atoms with Gasteiger partial charge in [0.2, 0.25) is 5.82 Å². The van der Waals surface area contributed by atoms with E-state index in [1.807, 2.05) is 30.3 Å². The van der Waals surface area contributed by atoms with E-state index in [0.717, 1.165) is 23.3 Å². The van der Waals surface area contributed by atoms with Gasteiger partial charge in [-0.15, -0.1) is 0 Å². The molecule has 2 amide bonds. The molecule has 34 heavy (non-hydrogen) atoms. The van der Waals surface area contributed by atoms with Crippen LogP contribution in [0.2, 0.25) is 5.02 Å². The zero-order chi connectivity index (χ0) is 23.8. The molecular weight excluding hydrogens is 462 g/mol. The molecule has 0 bridgehead atoms. The van der Waals surface area contributed by atoms with Gasteiger partial charge in [-0.3, -0.25) is 4.90 Å². The van der Waals surface area contributed by atoms with Crippen LogP contribution in [-0.4, -0.2) is 16.2 Å². The van der Waals surface area contributed by atoms with Crippen LogP contribution in [0.4, 0.5) is 19.3 Å². The first-order valence-corrected chi connectivity index (χ1v) is 10.7. The molecule has 6 nitrogen and oxygen atoms in total. The predicted octanol–water partition coefficient (Wildman–Crippen LogP) is 6.37. The van der Waals surface area contributed by atoms with E-state index in [1.165, 1.54) is 11.0 Å². The maximum Gasteiger partial charge on any atom is 0.327 e. The number of anilines is 1. The molecule has 0 fully saturated rings. The molecule has 1 N–H and O–H groups in total. The summed E-state index contributed by atoms with van der Waals surface area (Å²) in [5.41, 5.74) is 2.59. The van der Waals surface area contributed by atoms with Crippen LogP contribution in [0.1, 0.15) is 24.4 Å². The number of nitrogens with one attached hydrogen (secondary N) is 1. The average Bonchev–Trinajstić information content (AvgIpc) is 3.32. The summed E-state index contributed by atoms with van der Waals surface area (Å²) in [7, 11) is 0. The van der Waals surface area contributed by atoms with Crippen molar-refractivity contribution in [3.05, 3.63) is 107 Å². The molecule has 0 spiro atoms. The largest absolute Gasteiger partial charge is 0.334 e. The van der Waals surface area contributed by atoms with Crippen molar-refractivity contribution in [2.45, 2.75) is 13.0 Å². The van der Waals surface area contributed by atoms with Gasteiger partial charge in [0.05, 0.1) is 17.3 Å². The summed E-state index contributed by atoms with van der Waals surface area (Å²) in [5, 5.41) is 7.55. The highest BCUT2D eigenvalue weighted by molar-refractivity contribution is 6.30. The summed E-state index contributed by atoms with van der Waals surface area (Å²) in [5.74, 6) is -1.51. The minimum atomic E-state index is -1.07. The molecule has 1 unspecified atom stereocenters. The van der Waals surface area contributed by atoms with Crippen LogP contribution in [-0.2, 0) is 0 Å². The van der Waals surface area contributed by atoms with Gasteiger partial charge in [-0.2, -0.15) is 4.98 Å². The first-order chi connectivity index (χ1) is 16.4. The smallest absolute Gasteiger partial charge is 0.327 e. The summed E-state index contributed by atoms with van der Waals surface area (Å²) < 4.78 is 33.1. The Balaban J connectivity index is 1.66. The lowest BCUT2D eigenvalue weighted by atomic mass is 9.94. The highest BCUT2D eigenvalue weighted by atomic mass is 35.5. The van der Waals surface area contributed by atoms with Gasteiger partial charge in [0.25, 0.3) is 5.89 Å². The summed E-state index contributed by atoms with van der Waals surface area (Å²) in [6, 6.07) is 18.4. The maximum absolute atomic E-state index is 14.0. The monoisotopic (exact) mass is 478 g/mol. The summed E-state index contributed by atoms with van der Waals surface area (Å²) in [6.45, 7) is 1.69. The van der Waals surface area contributed by atoms with Gasteiger partial charge in [0.15, 0.2) is 11.6 Å². The number of urea groups is 1. The second-order valence-electron chi connectivity index (χ2n) is 7.66. The van der Waals surface area contributed by atoms with Gasteiger partial charge in [0.1, 0.15) is 0 Å². The van der Waals surface area contributed by atoms with E-state index in [2.05, 4.69) is 15.5 Å². The number of hydrogen-bond acceptors (Lipinski definition) is 4. The van der Waals surface area contributed by atoms with Crippen LogP contribution in [0.5, 0.6) is 0 Å². The van der Waals surface area contributed by atoms with Crippen molar-refractivity contribution in [3.63, 3.8) is 0 Å². The number of hydrogen-bond donors (Lipinski definition) is 1. The number of allylic oxidation sites excluding steroid dienone is 1. The van der Waals surface area contributed by atoms with Crippen molar-refractivity contribution < 1.29 is 18.1 Å². The Bertz CT molecular complexity index is 1400. The molecule has 5 rings (SSSR count). The maximum atomic E-state index is 14.0. The highest BCUT2D eigenvalue weighted by Crippen LogP contribution is 2.39. The van der Waals surface area contributed by atoms with Crippen LogP contribution >= 0.6 is 11.6 Å². The van der Waals surface area contributed by atoms with Gasteiger partial charge in [-0.1, -0.05) is 59.2 Å². The number of carbonyl (C=O) groups excluding carboxylic acids is 1. The standard InChI is InChI=1S/C25H17ClF2N4O2/c1-14-21(24-30-23(31-34-24)16-5-3-2-4-6-16)22(15-7-9-17(26)10-8-15)29-25(33)32(14)18-11-12-19(27)20(28)13-18/h2-13,22H,1H3,(H,29,33). The minimum Gasteiger partial charge on any atom is -0.334 e. The predicted molar refractivity (Wildman–Crippen MR) is 124 cm³/mol. The van der Waals surface area contributed by atoms with Gasteiger partial charge in [0, 0.05) is 22.3 Å². The number of rotatable bonds is 4. The molecule has 1 atom stereocenters. The molecule has 0 saturated carbocycles. The normalized spacial score (nSPS) is 16.1. The molecule has 2 heterocycles. The molecule has 4 aromatic rings. The zero-order valence-corrected chi connectivity index (χ0v) is 18.6. The molecule has 0 radical (unpaired) electrons. The molecule has 1 aliphatic rings. The van der Waals surface area contributed by atoms with E-state index >= 15 is 0 Å². The third-order valence-electron chi connectivity index (χ3n) is 5.54. The van der Waals surface area contributed by atoms with Gasteiger partial charge in [-0.25, -0.2) is 13.6 Å². The summed E-state index contributed by atoms with van der Waals surface area (Å²) in [6.07, 6.45) is 0. The Morgan fingerprint density at radius 2 is 1.74 bits per heavy atom. The summed E-state index contributed by atoms with van der Waals surface area (Å²) >= 11 is 6.05. The number of aromatic nitrogens is 2. The molecular formula is C25H17ClF2N4O2. The zero-order valence-electron chi connectivity index (χ0n) is 17.8. The average molecular weight is 479 g/mol. The second-order valence-corrected chi connectivity index (χ2v) is 8.09. The molecule has 1 aromatic heterocycles. The highest BCUT2D eigenvalue weighted by Gasteiger charge is 2.36. The number of carbonyl (C=O) groups is 1. The first-order valence-electron chi connectivity index (χ1n) is 10.3. The van der Waals surface area contributed by atoms with Crippen LogP contribution in [0.15, 0.2) is 83.0 Å². The quantitative estimate of drug-likeness (QED) is 0.370. The van der Waals surface area contributed by atoms with Crippen molar-refractivity contribution in [1.82, 2.24) is 15.5 Å². The number of halogens is 3. The topological polar surface area (TPSA) is 71.3 Å². The minimum absolute atomic E-state index is 0.156. The number of benzene rings is 3. The SMILES string of the molecule is CC1=C(c2nc(-c3ccccc3)no2)C(c2ccc(Cl)cc2)NC(=O)N1c1ccc(F)c(F)c1. The lowest BCUT2D eigenvalue weighted by Crippen LogP contribution is -2.46. The van der Waals surface area contributed by atoms with Crippen molar-refractivity contribution in [2.75, 3.05) is 4.90 Å². The van der Waals surface area contributed by atoms with Crippen molar-refractivity contribution in [2.24, 2.45) is 0 Å². The lowest BCUT2D eigenvalue weighted by Gasteiger charge is -2.35. The van der Waals surface area contributed by atoms with Gasteiger partial charge >= 0.3 is 6.03 Å². The Morgan fingerprint density at radius 3 is 2.44 bits per heavy atom. The summed E-state index contributed by atoms with van der Waals surface area (Å²) in [4.78, 5) is 18.9. The van der Waals surface area contributed by atoms with Crippen molar-refractivity contribution in [1.29, 1.82) is 0 Å². The van der Waals surface area contributed by atoms with Crippen LogP contribution in [0.3, 0.4) is 0 Å². The first kappa shape index (κ1) is 21.8. The second kappa shape index (κ2) is 8.72. The Morgan fingerprint density at radius 1 is 1.00 bits per heavy atom. The van der Waals surface area contributed by atoms with E-state index in [9.17, 15) is 13.6 Å². The molecule has 9 heteroatoms. The van der Waals surface area contributed by atoms with E-state index < -0.39 is 23.7 Å².